The second-order valence-electron chi connectivity index (χ2n) is 4.32. The molecule has 19 heavy (non-hydrogen) atoms. The molecule has 0 radical (unpaired) electrons. The van der Waals surface area contributed by atoms with Crippen molar-refractivity contribution in [3.05, 3.63) is 78.5 Å². The van der Waals surface area contributed by atoms with Crippen LogP contribution in [0.1, 0.15) is 13.8 Å². The second kappa shape index (κ2) is 6.60. The van der Waals surface area contributed by atoms with Gasteiger partial charge in [0, 0.05) is 11.4 Å². The monoisotopic (exact) mass is 249 g/mol. The lowest BCUT2D eigenvalue weighted by Gasteiger charge is -2.08. The van der Waals surface area contributed by atoms with Gasteiger partial charge in [0.2, 0.25) is 0 Å². The van der Waals surface area contributed by atoms with Crippen molar-refractivity contribution in [3.8, 4) is 0 Å². The van der Waals surface area contributed by atoms with Gasteiger partial charge in [0.05, 0.1) is 0 Å². The Labute approximate surface area is 115 Å². The zero-order valence-corrected chi connectivity index (χ0v) is 11.4. The van der Waals surface area contributed by atoms with Gasteiger partial charge in [-0.05, 0) is 42.8 Å². The minimum Gasteiger partial charge on any atom is -0.356 e. The molecule has 0 aliphatic rings. The lowest BCUT2D eigenvalue weighted by Crippen LogP contribution is -1.96. The Balaban J connectivity index is 2.20. The molecule has 2 aromatic rings. The third kappa shape index (κ3) is 3.59. The van der Waals surface area contributed by atoms with Crippen molar-refractivity contribution in [2.24, 2.45) is 0 Å². The van der Waals surface area contributed by atoms with Crippen LogP contribution in [-0.2, 0) is 0 Å². The molecule has 0 amide bonds. The Morgan fingerprint density at radius 3 is 2.47 bits per heavy atom. The van der Waals surface area contributed by atoms with Crippen molar-refractivity contribution in [2.75, 3.05) is 5.32 Å². The van der Waals surface area contributed by atoms with Crippen molar-refractivity contribution in [2.45, 2.75) is 13.8 Å². The van der Waals surface area contributed by atoms with Gasteiger partial charge in [-0.3, -0.25) is 0 Å². The summed E-state index contributed by atoms with van der Waals surface area (Å²) in [6.07, 6.45) is 10.2. The average Bonchev–Trinajstić information content (AvgIpc) is 2.46. The van der Waals surface area contributed by atoms with Crippen LogP contribution in [0, 0.1) is 0 Å². The van der Waals surface area contributed by atoms with Crippen LogP contribution in [0.2, 0.25) is 0 Å². The second-order valence-corrected chi connectivity index (χ2v) is 4.32. The minimum absolute atomic E-state index is 1.09. The Hall–Kier alpha value is -2.28. The van der Waals surface area contributed by atoms with E-state index in [4.69, 9.17) is 0 Å². The summed E-state index contributed by atoms with van der Waals surface area (Å²) in [5, 5.41) is 5.93. The molecule has 0 saturated carbocycles. The third-order valence-corrected chi connectivity index (χ3v) is 2.93. The molecule has 1 N–H and O–H groups in total. The van der Waals surface area contributed by atoms with Crippen molar-refractivity contribution >= 4 is 16.5 Å². The first-order chi connectivity index (χ1) is 9.33. The minimum atomic E-state index is 1.09. The first kappa shape index (κ1) is 13.2. The lowest BCUT2D eigenvalue weighted by molar-refractivity contribution is 1.45. The number of nitrogens with one attached hydrogen (secondary N) is 1. The van der Waals surface area contributed by atoms with E-state index in [1.165, 1.54) is 10.8 Å². The molecular weight excluding hydrogens is 230 g/mol. The van der Waals surface area contributed by atoms with E-state index in [2.05, 4.69) is 59.9 Å². The quantitative estimate of drug-likeness (QED) is 0.726. The Morgan fingerprint density at radius 1 is 0.947 bits per heavy atom. The first-order valence-corrected chi connectivity index (χ1v) is 6.55. The summed E-state index contributed by atoms with van der Waals surface area (Å²) in [4.78, 5) is 0. The van der Waals surface area contributed by atoms with E-state index >= 15 is 0 Å². The summed E-state index contributed by atoms with van der Waals surface area (Å²) in [6, 6.07) is 14.8. The molecule has 0 saturated heterocycles. The molecule has 0 atom stereocenters. The SMILES string of the molecule is C\C=C/C=C\C(=C/C)Nc1ccc2ccccc2c1. The van der Waals surface area contributed by atoms with E-state index in [1.54, 1.807) is 0 Å². The van der Waals surface area contributed by atoms with Gasteiger partial charge in [-0.1, -0.05) is 54.6 Å². The highest BCUT2D eigenvalue weighted by molar-refractivity contribution is 5.85. The highest BCUT2D eigenvalue weighted by Gasteiger charge is 1.96. The zero-order valence-electron chi connectivity index (χ0n) is 11.4. The topological polar surface area (TPSA) is 12.0 Å². The molecule has 0 aromatic heterocycles. The van der Waals surface area contributed by atoms with Crippen molar-refractivity contribution < 1.29 is 0 Å². The van der Waals surface area contributed by atoms with E-state index < -0.39 is 0 Å². The number of benzene rings is 2. The summed E-state index contributed by atoms with van der Waals surface area (Å²) in [5.74, 6) is 0. The van der Waals surface area contributed by atoms with Crippen LogP contribution in [-0.4, -0.2) is 0 Å². The molecule has 96 valence electrons. The highest BCUT2D eigenvalue weighted by Crippen LogP contribution is 2.20. The van der Waals surface area contributed by atoms with Crippen molar-refractivity contribution in [3.63, 3.8) is 0 Å². The van der Waals surface area contributed by atoms with E-state index in [9.17, 15) is 0 Å². The van der Waals surface area contributed by atoms with Gasteiger partial charge in [-0.2, -0.15) is 0 Å². The number of fused-ring (bicyclic) bond motifs is 1. The van der Waals surface area contributed by atoms with Crippen molar-refractivity contribution in [1.82, 2.24) is 0 Å². The number of hydrogen-bond donors (Lipinski definition) is 1. The predicted molar refractivity (Wildman–Crippen MR) is 85.3 cm³/mol. The van der Waals surface area contributed by atoms with Crippen molar-refractivity contribution in [1.29, 1.82) is 0 Å². The van der Waals surface area contributed by atoms with Gasteiger partial charge in [0.15, 0.2) is 0 Å². The standard InChI is InChI=1S/C18H19N/c1-3-5-6-11-17(4-2)19-18-13-12-15-9-7-8-10-16(15)14-18/h3-14,19H,1-2H3/b5-3-,11-6-,17-4+. The van der Waals surface area contributed by atoms with E-state index in [-0.39, 0.29) is 0 Å². The van der Waals surface area contributed by atoms with Crippen LogP contribution >= 0.6 is 0 Å². The zero-order chi connectivity index (χ0) is 13.5. The van der Waals surface area contributed by atoms with E-state index in [0.29, 0.717) is 0 Å². The van der Waals surface area contributed by atoms with E-state index in [0.717, 1.165) is 11.4 Å². The highest BCUT2D eigenvalue weighted by atomic mass is 14.9. The fourth-order valence-corrected chi connectivity index (χ4v) is 1.91. The van der Waals surface area contributed by atoms with Gasteiger partial charge < -0.3 is 5.32 Å². The van der Waals surface area contributed by atoms with Crippen LogP contribution in [0.25, 0.3) is 10.8 Å². The number of rotatable bonds is 4. The molecule has 1 nitrogen and oxygen atoms in total. The number of anilines is 1. The van der Waals surface area contributed by atoms with Gasteiger partial charge in [0.1, 0.15) is 0 Å². The first-order valence-electron chi connectivity index (χ1n) is 6.55. The Morgan fingerprint density at radius 2 is 1.74 bits per heavy atom. The van der Waals surface area contributed by atoms with Gasteiger partial charge in [-0.15, -0.1) is 0 Å². The summed E-state index contributed by atoms with van der Waals surface area (Å²) in [7, 11) is 0. The van der Waals surface area contributed by atoms with Crippen LogP contribution < -0.4 is 5.32 Å². The van der Waals surface area contributed by atoms with Crippen LogP contribution in [0.4, 0.5) is 5.69 Å². The van der Waals surface area contributed by atoms with Crippen LogP contribution in [0.5, 0.6) is 0 Å². The summed E-state index contributed by atoms with van der Waals surface area (Å²) in [6.45, 7) is 4.04. The molecule has 0 aliphatic heterocycles. The summed E-state index contributed by atoms with van der Waals surface area (Å²) < 4.78 is 0. The molecule has 0 fully saturated rings. The maximum Gasteiger partial charge on any atom is 0.0390 e. The Kier molecular flexibility index (Phi) is 4.57. The van der Waals surface area contributed by atoms with Gasteiger partial charge >= 0.3 is 0 Å². The average molecular weight is 249 g/mol. The molecule has 0 unspecified atom stereocenters. The largest absolute Gasteiger partial charge is 0.356 e. The molecule has 1 heteroatoms. The maximum atomic E-state index is 3.42. The van der Waals surface area contributed by atoms with Crippen LogP contribution in [0.15, 0.2) is 78.5 Å². The number of allylic oxidation sites excluding steroid dienone is 5. The summed E-state index contributed by atoms with van der Waals surface area (Å²) in [5.41, 5.74) is 2.20. The lowest BCUT2D eigenvalue weighted by atomic mass is 10.1. The molecule has 0 bridgehead atoms. The number of hydrogen-bond acceptors (Lipinski definition) is 1. The Bertz CT molecular complexity index is 633. The molecule has 2 rings (SSSR count). The molecular formula is C18H19N. The fourth-order valence-electron chi connectivity index (χ4n) is 1.91. The molecule has 0 aliphatic carbocycles. The van der Waals surface area contributed by atoms with Gasteiger partial charge in [-0.25, -0.2) is 0 Å². The molecule has 2 aromatic carbocycles. The molecule has 0 heterocycles. The maximum absolute atomic E-state index is 3.42. The smallest absolute Gasteiger partial charge is 0.0390 e. The predicted octanol–water partition coefficient (Wildman–Crippen LogP) is 5.29. The summed E-state index contributed by atoms with van der Waals surface area (Å²) >= 11 is 0. The third-order valence-electron chi connectivity index (χ3n) is 2.93. The van der Waals surface area contributed by atoms with Gasteiger partial charge in [0.25, 0.3) is 0 Å². The molecule has 0 spiro atoms. The van der Waals surface area contributed by atoms with E-state index in [1.807, 2.05) is 32.1 Å². The van der Waals surface area contributed by atoms with Crippen LogP contribution in [0.3, 0.4) is 0 Å². The normalized spacial score (nSPS) is 12.6. The fraction of sp³-hybridized carbons (Fsp3) is 0.111.